The Bertz CT molecular complexity index is 1430. The van der Waals surface area contributed by atoms with Crippen molar-refractivity contribution in [2.75, 3.05) is 25.0 Å². The first-order valence-electron chi connectivity index (χ1n) is 10.7. The molecular weight excluding hydrogens is 502 g/mol. The zero-order valence-corrected chi connectivity index (χ0v) is 21.3. The Morgan fingerprint density at radius 1 is 1.03 bits per heavy atom. The number of aromatic nitrogens is 1. The molecule has 0 radical (unpaired) electrons. The first-order valence-corrected chi connectivity index (χ1v) is 12.8. The van der Waals surface area contributed by atoms with Crippen molar-refractivity contribution < 1.29 is 14.3 Å². The zero-order chi connectivity index (χ0) is 24.4. The summed E-state index contributed by atoms with van der Waals surface area (Å²) in [5, 5.41) is 7.30. The SMILES string of the molecule is COc1cccc(/C=C2\C(=O)N(c3nc4ccccc4s3)N=C2CSc2ccc(Cl)cc2)c1OC. The fourth-order valence-electron chi connectivity index (χ4n) is 3.65. The number of methoxy groups -OCH3 is 2. The van der Waals surface area contributed by atoms with Crippen LogP contribution in [-0.2, 0) is 4.79 Å². The molecule has 176 valence electrons. The lowest BCUT2D eigenvalue weighted by atomic mass is 10.1. The maximum absolute atomic E-state index is 13.6. The molecule has 1 amide bonds. The van der Waals surface area contributed by atoms with Crippen LogP contribution in [0.4, 0.5) is 5.13 Å². The van der Waals surface area contributed by atoms with Crippen LogP contribution in [0.15, 0.2) is 82.3 Å². The fraction of sp³-hybridized carbons (Fsp3) is 0.115. The van der Waals surface area contributed by atoms with Crippen LogP contribution < -0.4 is 14.5 Å². The summed E-state index contributed by atoms with van der Waals surface area (Å²) in [4.78, 5) is 19.3. The number of carbonyl (C=O) groups is 1. The van der Waals surface area contributed by atoms with Crippen LogP contribution in [0.1, 0.15) is 5.56 Å². The highest BCUT2D eigenvalue weighted by Crippen LogP contribution is 2.36. The molecule has 1 aliphatic rings. The third-order valence-corrected chi connectivity index (χ3v) is 7.63. The highest BCUT2D eigenvalue weighted by atomic mass is 35.5. The van der Waals surface area contributed by atoms with Gasteiger partial charge in [0.15, 0.2) is 11.5 Å². The largest absolute Gasteiger partial charge is 0.493 e. The fourth-order valence-corrected chi connectivity index (χ4v) is 5.54. The summed E-state index contributed by atoms with van der Waals surface area (Å²) >= 11 is 9.04. The summed E-state index contributed by atoms with van der Waals surface area (Å²) in [6.07, 6.45) is 1.80. The lowest BCUT2D eigenvalue weighted by Gasteiger charge is -2.11. The molecule has 0 unspecified atom stereocenters. The minimum atomic E-state index is -0.236. The maximum Gasteiger partial charge on any atom is 0.282 e. The Morgan fingerprint density at radius 3 is 2.57 bits per heavy atom. The molecule has 4 aromatic rings. The lowest BCUT2D eigenvalue weighted by Crippen LogP contribution is -2.21. The molecule has 9 heteroatoms. The number of ether oxygens (including phenoxy) is 2. The van der Waals surface area contributed by atoms with Gasteiger partial charge in [-0.2, -0.15) is 10.1 Å². The Balaban J connectivity index is 1.54. The van der Waals surface area contributed by atoms with Gasteiger partial charge in [0, 0.05) is 21.2 Å². The normalized spacial score (nSPS) is 14.6. The van der Waals surface area contributed by atoms with Crippen LogP contribution in [0.5, 0.6) is 11.5 Å². The van der Waals surface area contributed by atoms with Gasteiger partial charge in [-0.25, -0.2) is 4.98 Å². The molecular formula is C26H20ClN3O3S2. The highest BCUT2D eigenvalue weighted by Gasteiger charge is 2.33. The number of anilines is 1. The van der Waals surface area contributed by atoms with Crippen LogP contribution in [0, 0.1) is 0 Å². The topological polar surface area (TPSA) is 64.0 Å². The zero-order valence-electron chi connectivity index (χ0n) is 18.9. The van der Waals surface area contributed by atoms with E-state index in [0.29, 0.717) is 38.7 Å². The molecule has 0 N–H and O–H groups in total. The van der Waals surface area contributed by atoms with Crippen LogP contribution in [-0.4, -0.2) is 36.6 Å². The van der Waals surface area contributed by atoms with E-state index >= 15 is 0 Å². The second kappa shape index (κ2) is 10.1. The minimum Gasteiger partial charge on any atom is -0.493 e. The molecule has 6 nitrogen and oxygen atoms in total. The number of fused-ring (bicyclic) bond motifs is 1. The van der Waals surface area contributed by atoms with Crippen LogP contribution in [0.2, 0.25) is 5.02 Å². The van der Waals surface area contributed by atoms with Crippen LogP contribution in [0.3, 0.4) is 0 Å². The highest BCUT2D eigenvalue weighted by molar-refractivity contribution is 8.00. The van der Waals surface area contributed by atoms with Crippen LogP contribution in [0.25, 0.3) is 16.3 Å². The molecule has 0 saturated heterocycles. The Labute approximate surface area is 215 Å². The summed E-state index contributed by atoms with van der Waals surface area (Å²) in [5.41, 5.74) is 2.70. The summed E-state index contributed by atoms with van der Waals surface area (Å²) in [5.74, 6) is 1.40. The van der Waals surface area contributed by atoms with E-state index in [1.807, 2.05) is 66.7 Å². The van der Waals surface area contributed by atoms with Crippen molar-refractivity contribution in [1.29, 1.82) is 0 Å². The van der Waals surface area contributed by atoms with E-state index < -0.39 is 0 Å². The number of thioether (sulfide) groups is 1. The molecule has 1 aliphatic heterocycles. The second-order valence-corrected chi connectivity index (χ2v) is 10.0. The first-order chi connectivity index (χ1) is 17.1. The number of thiazole rings is 1. The molecule has 2 heterocycles. The van der Waals surface area contributed by atoms with Gasteiger partial charge in [-0.15, -0.1) is 11.8 Å². The average Bonchev–Trinajstić information content (AvgIpc) is 3.44. The standard InChI is InChI=1S/C26H20ClN3O3S2/c1-32-22-8-5-6-16(24(22)33-2)14-19-21(15-34-18-12-10-17(27)11-13-18)29-30(25(19)31)26-28-20-7-3-4-9-23(20)35-26/h3-14H,15H2,1-2H3/b19-14-. The number of hydrogen-bond donors (Lipinski definition) is 0. The molecule has 0 aliphatic carbocycles. The van der Waals surface area contributed by atoms with Gasteiger partial charge in [0.2, 0.25) is 5.13 Å². The summed E-state index contributed by atoms with van der Waals surface area (Å²) in [6.45, 7) is 0. The summed E-state index contributed by atoms with van der Waals surface area (Å²) < 4.78 is 12.0. The van der Waals surface area contributed by atoms with Crippen molar-refractivity contribution in [3.05, 3.63) is 82.9 Å². The molecule has 0 atom stereocenters. The first kappa shape index (κ1) is 23.4. The third-order valence-electron chi connectivity index (χ3n) is 5.34. The van der Waals surface area contributed by atoms with E-state index in [-0.39, 0.29) is 5.91 Å². The molecule has 0 saturated carbocycles. The minimum absolute atomic E-state index is 0.236. The number of para-hydroxylation sites is 2. The van der Waals surface area contributed by atoms with Gasteiger partial charge in [0.05, 0.1) is 35.7 Å². The molecule has 5 rings (SSSR count). The van der Waals surface area contributed by atoms with E-state index in [0.717, 1.165) is 20.7 Å². The number of nitrogens with zero attached hydrogens (tertiary/aromatic N) is 3. The number of benzene rings is 3. The van der Waals surface area contributed by atoms with Crippen molar-refractivity contribution in [3.8, 4) is 11.5 Å². The number of hydrazone groups is 1. The number of hydrogen-bond acceptors (Lipinski definition) is 7. The number of halogens is 1. The molecule has 0 bridgehead atoms. The third kappa shape index (κ3) is 4.77. The molecule has 1 aromatic heterocycles. The molecule has 35 heavy (non-hydrogen) atoms. The quantitative estimate of drug-likeness (QED) is 0.204. The predicted octanol–water partition coefficient (Wildman–Crippen LogP) is 6.55. The van der Waals surface area contributed by atoms with Gasteiger partial charge in [-0.1, -0.05) is 47.2 Å². The molecule has 3 aromatic carbocycles. The van der Waals surface area contributed by atoms with E-state index in [2.05, 4.69) is 4.98 Å². The molecule has 0 fully saturated rings. The van der Waals surface area contributed by atoms with Gasteiger partial charge in [0.1, 0.15) is 0 Å². The van der Waals surface area contributed by atoms with Gasteiger partial charge < -0.3 is 9.47 Å². The average molecular weight is 522 g/mol. The van der Waals surface area contributed by atoms with Gasteiger partial charge in [0.25, 0.3) is 5.91 Å². The monoisotopic (exact) mass is 521 g/mol. The van der Waals surface area contributed by atoms with E-state index in [1.165, 1.54) is 16.3 Å². The number of amides is 1. The van der Waals surface area contributed by atoms with Crippen molar-refractivity contribution in [2.24, 2.45) is 5.10 Å². The van der Waals surface area contributed by atoms with Gasteiger partial charge >= 0.3 is 0 Å². The smallest absolute Gasteiger partial charge is 0.282 e. The Morgan fingerprint density at radius 2 is 1.83 bits per heavy atom. The van der Waals surface area contributed by atoms with E-state index in [9.17, 15) is 4.79 Å². The number of carbonyl (C=O) groups excluding carboxylic acids is 1. The molecule has 0 spiro atoms. The van der Waals surface area contributed by atoms with Crippen molar-refractivity contribution in [3.63, 3.8) is 0 Å². The lowest BCUT2D eigenvalue weighted by molar-refractivity contribution is -0.114. The predicted molar refractivity (Wildman–Crippen MR) is 144 cm³/mol. The Kier molecular flexibility index (Phi) is 6.77. The van der Waals surface area contributed by atoms with Gasteiger partial charge in [-0.05, 0) is 48.5 Å². The summed E-state index contributed by atoms with van der Waals surface area (Å²) in [7, 11) is 3.16. The summed E-state index contributed by atoms with van der Waals surface area (Å²) in [6, 6.07) is 20.9. The van der Waals surface area contributed by atoms with Crippen molar-refractivity contribution >= 4 is 67.7 Å². The van der Waals surface area contributed by atoms with E-state index in [4.69, 9.17) is 26.2 Å². The second-order valence-electron chi connectivity index (χ2n) is 7.51. The van der Waals surface area contributed by atoms with E-state index in [1.54, 1.807) is 32.1 Å². The van der Waals surface area contributed by atoms with Crippen molar-refractivity contribution in [1.82, 2.24) is 4.98 Å². The van der Waals surface area contributed by atoms with Crippen LogP contribution >= 0.6 is 34.7 Å². The van der Waals surface area contributed by atoms with Crippen molar-refractivity contribution in [2.45, 2.75) is 4.90 Å². The maximum atomic E-state index is 13.6. The number of rotatable bonds is 7. The van der Waals surface area contributed by atoms with Gasteiger partial charge in [-0.3, -0.25) is 4.79 Å². The Hall–Kier alpha value is -3.33.